The average Bonchev–Trinajstić information content (AvgIpc) is 3.62. The minimum Gasteiger partial charge on any atom is -0.446 e. The SMILES string of the molecule is C=C(CN(CC1(CC)CCNC1)C(=O)OC1CCC2(C)C(=CCC3C2CCC2(C)C(CCCC(CC)C(C)C)CCC32)C1)CC(C)(C)C. The zero-order chi connectivity index (χ0) is 34.9. The number of rotatable bonds is 13. The van der Waals surface area contributed by atoms with Gasteiger partial charge in [0.2, 0.25) is 0 Å². The molecule has 0 aromatic heterocycles. The van der Waals surface area contributed by atoms with Crippen molar-refractivity contribution in [3.8, 4) is 0 Å². The molecule has 0 radical (unpaired) electrons. The number of nitrogens with zero attached hydrogens (tertiary/aromatic N) is 1. The van der Waals surface area contributed by atoms with Gasteiger partial charge in [-0.2, -0.15) is 0 Å². The summed E-state index contributed by atoms with van der Waals surface area (Å²) in [4.78, 5) is 16.0. The van der Waals surface area contributed by atoms with Crippen LogP contribution in [0.1, 0.15) is 159 Å². The van der Waals surface area contributed by atoms with E-state index in [1.54, 1.807) is 5.57 Å². The number of amides is 1. The summed E-state index contributed by atoms with van der Waals surface area (Å²) in [6.45, 7) is 29.4. The lowest BCUT2D eigenvalue weighted by molar-refractivity contribution is -0.0538. The van der Waals surface area contributed by atoms with Gasteiger partial charge in [-0.15, -0.1) is 0 Å². The van der Waals surface area contributed by atoms with Crippen LogP contribution < -0.4 is 5.32 Å². The van der Waals surface area contributed by atoms with Gasteiger partial charge in [0, 0.05) is 31.5 Å². The fourth-order valence-corrected chi connectivity index (χ4v) is 12.2. The number of fused-ring (bicyclic) bond motifs is 5. The molecule has 1 N–H and O–H groups in total. The van der Waals surface area contributed by atoms with E-state index in [0.717, 1.165) is 99.2 Å². The first-order valence-corrected chi connectivity index (χ1v) is 20.7. The van der Waals surface area contributed by atoms with Gasteiger partial charge < -0.3 is 15.0 Å². The molecule has 3 saturated carbocycles. The van der Waals surface area contributed by atoms with Crippen molar-refractivity contribution in [3.05, 3.63) is 23.8 Å². The Hall–Kier alpha value is -1.29. The summed E-state index contributed by atoms with van der Waals surface area (Å²) in [5.41, 5.74) is 3.85. The van der Waals surface area contributed by atoms with E-state index in [1.165, 1.54) is 57.8 Å². The van der Waals surface area contributed by atoms with E-state index in [-0.39, 0.29) is 28.4 Å². The highest BCUT2D eigenvalue weighted by Crippen LogP contribution is 2.67. The van der Waals surface area contributed by atoms with Crippen LogP contribution in [0.4, 0.5) is 4.79 Å². The molecule has 1 saturated heterocycles. The van der Waals surface area contributed by atoms with E-state index < -0.39 is 0 Å². The fraction of sp³-hybridized carbons (Fsp3) is 0.886. The second kappa shape index (κ2) is 15.1. The lowest BCUT2D eigenvalue weighted by Crippen LogP contribution is -2.51. The zero-order valence-corrected chi connectivity index (χ0v) is 33.0. The molecule has 4 aliphatic carbocycles. The Balaban J connectivity index is 1.22. The van der Waals surface area contributed by atoms with E-state index >= 15 is 0 Å². The summed E-state index contributed by atoms with van der Waals surface area (Å²) < 4.78 is 6.48. The number of carbonyl (C=O) groups excluding carboxylic acids is 1. The van der Waals surface area contributed by atoms with Crippen LogP contribution in [0.25, 0.3) is 0 Å². The van der Waals surface area contributed by atoms with Gasteiger partial charge in [0.25, 0.3) is 0 Å². The molecular weight excluding hydrogens is 588 g/mol. The van der Waals surface area contributed by atoms with Gasteiger partial charge in [0.05, 0.1) is 0 Å². The number of hydrogen-bond acceptors (Lipinski definition) is 3. The maximum absolute atomic E-state index is 14.0. The molecule has 4 nitrogen and oxygen atoms in total. The molecule has 0 aromatic rings. The number of nitrogens with one attached hydrogen (secondary N) is 1. The number of allylic oxidation sites excluding steroid dienone is 1. The zero-order valence-electron chi connectivity index (χ0n) is 33.0. The first-order chi connectivity index (χ1) is 22.6. The maximum Gasteiger partial charge on any atom is 0.410 e. The van der Waals surface area contributed by atoms with Gasteiger partial charge >= 0.3 is 6.09 Å². The topological polar surface area (TPSA) is 41.6 Å². The molecular formula is C44H76N2O2. The molecule has 0 aromatic carbocycles. The first-order valence-electron chi connectivity index (χ1n) is 20.7. The number of carbonyl (C=O) groups is 1. The molecule has 4 heteroatoms. The first kappa shape index (κ1) is 38.0. The number of hydrogen-bond donors (Lipinski definition) is 1. The lowest BCUT2D eigenvalue weighted by Gasteiger charge is -2.58. The highest BCUT2D eigenvalue weighted by molar-refractivity contribution is 5.68. The van der Waals surface area contributed by atoms with Crippen molar-refractivity contribution >= 4 is 6.09 Å². The minimum absolute atomic E-state index is 0.00598. The van der Waals surface area contributed by atoms with Gasteiger partial charge in [-0.1, -0.05) is 105 Å². The third-order valence-corrected chi connectivity index (χ3v) is 15.2. The van der Waals surface area contributed by atoms with Crippen molar-refractivity contribution in [2.24, 2.45) is 57.2 Å². The van der Waals surface area contributed by atoms with E-state index in [0.29, 0.717) is 12.0 Å². The Morgan fingerprint density at radius 2 is 1.85 bits per heavy atom. The Labute approximate surface area is 297 Å². The molecule has 48 heavy (non-hydrogen) atoms. The molecule has 9 atom stereocenters. The second-order valence-electron chi connectivity index (χ2n) is 19.8. The Kier molecular flexibility index (Phi) is 12.0. The minimum atomic E-state index is -0.114. The third-order valence-electron chi connectivity index (χ3n) is 15.2. The summed E-state index contributed by atoms with van der Waals surface area (Å²) >= 11 is 0. The molecule has 5 aliphatic rings. The largest absolute Gasteiger partial charge is 0.446 e. The summed E-state index contributed by atoms with van der Waals surface area (Å²) in [5, 5.41) is 3.57. The van der Waals surface area contributed by atoms with Gasteiger partial charge in [0.15, 0.2) is 0 Å². The Bertz CT molecular complexity index is 1140. The average molecular weight is 665 g/mol. The molecule has 9 unspecified atom stereocenters. The monoisotopic (exact) mass is 665 g/mol. The van der Waals surface area contributed by atoms with Crippen LogP contribution in [0.5, 0.6) is 0 Å². The second-order valence-corrected chi connectivity index (χ2v) is 19.8. The predicted octanol–water partition coefficient (Wildman–Crippen LogP) is 11.6. The Morgan fingerprint density at radius 3 is 2.50 bits per heavy atom. The standard InChI is InChI=1S/C44H76N2O2/c1-11-33(31(3)4)14-13-15-34-17-19-38-37-18-16-35-26-36(20-22-43(35,10)39(37)21-23-42(34,38)9)48-40(47)46(28-32(5)27-41(6,7)8)30-44(12-2)24-25-45-29-44/h16,31,33-34,36-39,45H,5,11-15,17-30H2,1-4,6-10H3. The van der Waals surface area contributed by atoms with E-state index in [4.69, 9.17) is 4.74 Å². The molecule has 0 spiro atoms. The van der Waals surface area contributed by atoms with Crippen LogP contribution in [0.3, 0.4) is 0 Å². The van der Waals surface area contributed by atoms with Crippen LogP contribution in [0.15, 0.2) is 23.8 Å². The van der Waals surface area contributed by atoms with Crippen molar-refractivity contribution in [2.75, 3.05) is 26.2 Å². The molecule has 274 valence electrons. The van der Waals surface area contributed by atoms with E-state index in [1.807, 2.05) is 4.90 Å². The van der Waals surface area contributed by atoms with Crippen LogP contribution in [0, 0.1) is 57.2 Å². The number of ether oxygens (including phenoxy) is 1. The van der Waals surface area contributed by atoms with E-state index in [2.05, 4.69) is 80.3 Å². The molecule has 1 amide bonds. The highest BCUT2D eigenvalue weighted by atomic mass is 16.6. The fourth-order valence-electron chi connectivity index (χ4n) is 12.2. The van der Waals surface area contributed by atoms with Crippen LogP contribution >= 0.6 is 0 Å². The molecule has 1 aliphatic heterocycles. The summed E-state index contributed by atoms with van der Waals surface area (Å²) in [5.74, 6) is 5.18. The van der Waals surface area contributed by atoms with Gasteiger partial charge in [0.1, 0.15) is 6.10 Å². The summed E-state index contributed by atoms with van der Waals surface area (Å²) in [6, 6.07) is 0. The smallest absolute Gasteiger partial charge is 0.410 e. The summed E-state index contributed by atoms with van der Waals surface area (Å²) in [6.07, 6.45) is 21.4. The Morgan fingerprint density at radius 1 is 1.08 bits per heavy atom. The van der Waals surface area contributed by atoms with Crippen molar-refractivity contribution in [1.29, 1.82) is 0 Å². The molecule has 5 rings (SSSR count). The van der Waals surface area contributed by atoms with Crippen LogP contribution in [-0.2, 0) is 4.74 Å². The third kappa shape index (κ3) is 8.10. The normalized spacial score (nSPS) is 37.0. The van der Waals surface area contributed by atoms with Crippen molar-refractivity contribution < 1.29 is 9.53 Å². The van der Waals surface area contributed by atoms with Gasteiger partial charge in [-0.3, -0.25) is 0 Å². The molecule has 0 bridgehead atoms. The maximum atomic E-state index is 14.0. The predicted molar refractivity (Wildman–Crippen MR) is 203 cm³/mol. The van der Waals surface area contributed by atoms with Crippen LogP contribution in [-0.4, -0.2) is 43.3 Å². The van der Waals surface area contributed by atoms with Crippen molar-refractivity contribution in [3.63, 3.8) is 0 Å². The quantitative estimate of drug-likeness (QED) is 0.199. The van der Waals surface area contributed by atoms with Crippen LogP contribution in [0.2, 0.25) is 0 Å². The van der Waals surface area contributed by atoms with E-state index in [9.17, 15) is 4.79 Å². The lowest BCUT2D eigenvalue weighted by atomic mass is 9.47. The van der Waals surface area contributed by atoms with Gasteiger partial charge in [-0.25, -0.2) is 4.79 Å². The molecule has 4 fully saturated rings. The summed E-state index contributed by atoms with van der Waals surface area (Å²) in [7, 11) is 0. The van der Waals surface area contributed by atoms with Gasteiger partial charge in [-0.05, 0) is 129 Å². The highest BCUT2D eigenvalue weighted by Gasteiger charge is 2.58. The van der Waals surface area contributed by atoms with Crippen molar-refractivity contribution in [2.45, 2.75) is 165 Å². The van der Waals surface area contributed by atoms with Crippen molar-refractivity contribution in [1.82, 2.24) is 10.2 Å². The molecule has 1 heterocycles.